The maximum absolute atomic E-state index is 12.9. The fourth-order valence-corrected chi connectivity index (χ4v) is 4.92. The normalized spacial score (nSPS) is 13.8. The smallest absolute Gasteiger partial charge is 0.484 e. The summed E-state index contributed by atoms with van der Waals surface area (Å²) in [7, 11) is 0. The number of nitrogens with one attached hydrogen (secondary N) is 1. The number of benzene rings is 1. The van der Waals surface area contributed by atoms with Crippen molar-refractivity contribution in [2.45, 2.75) is 12.9 Å². The molecule has 0 radical (unpaired) electrons. The van der Waals surface area contributed by atoms with E-state index in [0.29, 0.717) is 46.9 Å². The van der Waals surface area contributed by atoms with Crippen LogP contribution in [0.25, 0.3) is 0 Å². The summed E-state index contributed by atoms with van der Waals surface area (Å²) in [6.07, 6.45) is -1.74. The Labute approximate surface area is 229 Å². The van der Waals surface area contributed by atoms with Crippen molar-refractivity contribution in [2.75, 3.05) is 37.7 Å². The molecule has 0 aliphatic carbocycles. The van der Waals surface area contributed by atoms with Crippen molar-refractivity contribution in [1.29, 1.82) is 0 Å². The Kier molecular flexibility index (Phi) is 8.80. The minimum atomic E-state index is -4.79. The zero-order valence-corrected chi connectivity index (χ0v) is 21.8. The Morgan fingerprint density at radius 2 is 1.66 bits per heavy atom. The highest BCUT2D eigenvalue weighted by Gasteiger charge is 2.31. The van der Waals surface area contributed by atoms with Crippen LogP contribution in [0.4, 0.5) is 18.9 Å². The lowest BCUT2D eigenvalue weighted by Gasteiger charge is -2.36. The minimum absolute atomic E-state index is 0.0886. The highest BCUT2D eigenvalue weighted by atomic mass is 35.5. The van der Waals surface area contributed by atoms with Crippen LogP contribution in [0.1, 0.15) is 15.5 Å². The van der Waals surface area contributed by atoms with Gasteiger partial charge in [0.15, 0.2) is 6.61 Å². The van der Waals surface area contributed by atoms with E-state index in [1.807, 2.05) is 4.90 Å². The van der Waals surface area contributed by atoms with Crippen molar-refractivity contribution < 1.29 is 32.2 Å². The number of pyridine rings is 1. The third-order valence-electron chi connectivity index (χ3n) is 5.35. The zero-order valence-electron chi connectivity index (χ0n) is 19.5. The molecule has 1 fully saturated rings. The molecule has 0 atom stereocenters. The van der Waals surface area contributed by atoms with Gasteiger partial charge in [-0.1, -0.05) is 23.2 Å². The molecule has 2 aromatic heterocycles. The van der Waals surface area contributed by atoms with Gasteiger partial charge in [-0.15, -0.1) is 24.5 Å². The number of amides is 2. The lowest BCUT2D eigenvalue weighted by atomic mass is 10.2. The molecule has 3 aromatic rings. The fraction of sp³-hybridized carbons (Fsp3) is 0.304. The average Bonchev–Trinajstić information content (AvgIpc) is 3.35. The molecule has 202 valence electrons. The van der Waals surface area contributed by atoms with E-state index in [1.54, 1.807) is 10.3 Å². The van der Waals surface area contributed by atoms with Crippen molar-refractivity contribution in [3.05, 3.63) is 62.8 Å². The molecule has 0 bridgehead atoms. The number of nitrogens with zero attached hydrogens (tertiary/aromatic N) is 4. The number of aromatic nitrogens is 2. The second-order valence-electron chi connectivity index (χ2n) is 7.94. The van der Waals surface area contributed by atoms with Crippen LogP contribution < -0.4 is 19.7 Å². The van der Waals surface area contributed by atoms with Gasteiger partial charge in [0.2, 0.25) is 0 Å². The Bertz CT molecular complexity index is 1260. The van der Waals surface area contributed by atoms with Gasteiger partial charge in [-0.2, -0.15) is 0 Å². The van der Waals surface area contributed by atoms with Gasteiger partial charge in [-0.3, -0.25) is 14.6 Å². The molecule has 9 nitrogen and oxygen atoms in total. The largest absolute Gasteiger partial charge is 0.573 e. The number of alkyl halides is 3. The second kappa shape index (κ2) is 12.0. The topological polar surface area (TPSA) is 96.9 Å². The monoisotopic (exact) mass is 589 g/mol. The van der Waals surface area contributed by atoms with Gasteiger partial charge in [0, 0.05) is 44.0 Å². The number of hydrogen-bond donors (Lipinski definition) is 1. The number of ether oxygens (including phenoxy) is 2. The SMILES string of the molecule is O=C(COc1ccc(OC(F)(F)F)cc1)NCc1nc(C(=O)N2CCN(c3c(Cl)cncc3Cl)CC2)cs1. The lowest BCUT2D eigenvalue weighted by Crippen LogP contribution is -2.49. The number of carbonyl (C=O) groups is 2. The Hall–Kier alpha value is -3.29. The molecule has 0 spiro atoms. The summed E-state index contributed by atoms with van der Waals surface area (Å²) < 4.78 is 45.7. The van der Waals surface area contributed by atoms with Crippen LogP contribution in [-0.4, -0.2) is 65.8 Å². The van der Waals surface area contributed by atoms with E-state index in [0.717, 1.165) is 12.1 Å². The first kappa shape index (κ1) is 27.7. The van der Waals surface area contributed by atoms with Crippen LogP contribution in [-0.2, 0) is 11.3 Å². The minimum Gasteiger partial charge on any atom is -0.484 e. The highest BCUT2D eigenvalue weighted by molar-refractivity contribution is 7.09. The summed E-state index contributed by atoms with van der Waals surface area (Å²) in [6, 6.07) is 4.68. The molecule has 15 heteroatoms. The van der Waals surface area contributed by atoms with E-state index in [-0.39, 0.29) is 30.5 Å². The number of anilines is 1. The molecule has 1 aliphatic rings. The molecule has 4 rings (SSSR count). The van der Waals surface area contributed by atoms with Crippen molar-refractivity contribution in [1.82, 2.24) is 20.2 Å². The van der Waals surface area contributed by atoms with E-state index >= 15 is 0 Å². The number of piperazine rings is 1. The predicted octanol–water partition coefficient (Wildman–Crippen LogP) is 4.40. The highest BCUT2D eigenvalue weighted by Crippen LogP contribution is 2.33. The molecule has 3 heterocycles. The standard InChI is InChI=1S/C23H20Cl2F3N5O4S/c24-16-9-29-10-17(25)21(16)32-5-7-33(8-6-32)22(35)18-13-38-20(31-18)11-30-19(34)12-36-14-1-3-15(4-2-14)37-23(26,27)28/h1-4,9-10,13H,5-8,11-12H2,(H,30,34). The van der Waals surface area contributed by atoms with Crippen molar-refractivity contribution in [3.8, 4) is 11.5 Å². The van der Waals surface area contributed by atoms with Gasteiger partial charge < -0.3 is 24.6 Å². The third kappa shape index (κ3) is 7.39. The van der Waals surface area contributed by atoms with Gasteiger partial charge in [-0.05, 0) is 24.3 Å². The summed E-state index contributed by atoms with van der Waals surface area (Å²) in [4.78, 5) is 37.0. The number of carbonyl (C=O) groups excluding carboxylic acids is 2. The van der Waals surface area contributed by atoms with Crippen molar-refractivity contribution in [3.63, 3.8) is 0 Å². The van der Waals surface area contributed by atoms with Gasteiger partial charge in [0.25, 0.3) is 11.8 Å². The summed E-state index contributed by atoms with van der Waals surface area (Å²) in [5.74, 6) is -0.877. The van der Waals surface area contributed by atoms with E-state index in [9.17, 15) is 22.8 Å². The average molecular weight is 590 g/mol. The molecule has 0 saturated carbocycles. The maximum atomic E-state index is 12.9. The van der Waals surface area contributed by atoms with Crippen LogP contribution in [0.3, 0.4) is 0 Å². The molecule has 1 saturated heterocycles. The number of rotatable bonds is 8. The summed E-state index contributed by atoms with van der Waals surface area (Å²) in [5.41, 5.74) is 0.976. The van der Waals surface area contributed by atoms with Crippen molar-refractivity contribution >= 4 is 52.0 Å². The summed E-state index contributed by atoms with van der Waals surface area (Å²) in [6.45, 7) is 1.73. The molecule has 38 heavy (non-hydrogen) atoms. The second-order valence-corrected chi connectivity index (χ2v) is 9.70. The fourth-order valence-electron chi connectivity index (χ4n) is 3.60. The maximum Gasteiger partial charge on any atom is 0.573 e. The summed E-state index contributed by atoms with van der Waals surface area (Å²) in [5, 5.41) is 5.68. The van der Waals surface area contributed by atoms with Crippen LogP contribution in [0.5, 0.6) is 11.5 Å². The van der Waals surface area contributed by atoms with E-state index in [4.69, 9.17) is 27.9 Å². The van der Waals surface area contributed by atoms with Gasteiger partial charge >= 0.3 is 6.36 Å². The quantitative estimate of drug-likeness (QED) is 0.416. The number of thiazole rings is 1. The first-order chi connectivity index (χ1) is 18.1. The first-order valence-electron chi connectivity index (χ1n) is 11.1. The van der Waals surface area contributed by atoms with E-state index in [2.05, 4.69) is 20.0 Å². The van der Waals surface area contributed by atoms with Crippen molar-refractivity contribution in [2.24, 2.45) is 0 Å². The molecule has 2 amide bonds. The van der Waals surface area contributed by atoms with Crippen LogP contribution in [0, 0.1) is 0 Å². The van der Waals surface area contributed by atoms with Crippen LogP contribution in [0.15, 0.2) is 42.0 Å². The molecule has 1 aliphatic heterocycles. The zero-order chi connectivity index (χ0) is 27.3. The Balaban J connectivity index is 1.21. The molecule has 1 N–H and O–H groups in total. The van der Waals surface area contributed by atoms with E-state index in [1.165, 1.54) is 35.9 Å². The predicted molar refractivity (Wildman–Crippen MR) is 135 cm³/mol. The van der Waals surface area contributed by atoms with Gasteiger partial charge in [0.1, 0.15) is 22.2 Å². The Morgan fingerprint density at radius 1 is 1.03 bits per heavy atom. The van der Waals surface area contributed by atoms with Crippen LogP contribution >= 0.6 is 34.5 Å². The van der Waals surface area contributed by atoms with Crippen LogP contribution in [0.2, 0.25) is 10.0 Å². The summed E-state index contributed by atoms with van der Waals surface area (Å²) >= 11 is 13.7. The molecular formula is C23H20Cl2F3N5O4S. The molecule has 0 unspecified atom stereocenters. The molecule has 1 aromatic carbocycles. The lowest BCUT2D eigenvalue weighted by molar-refractivity contribution is -0.274. The first-order valence-corrected chi connectivity index (χ1v) is 12.8. The Morgan fingerprint density at radius 3 is 2.29 bits per heavy atom. The van der Waals surface area contributed by atoms with Gasteiger partial charge in [0.05, 0.1) is 22.3 Å². The number of halogens is 5. The molecular weight excluding hydrogens is 570 g/mol. The number of hydrogen-bond acceptors (Lipinski definition) is 8. The van der Waals surface area contributed by atoms with Gasteiger partial charge in [-0.25, -0.2) is 4.98 Å². The third-order valence-corrected chi connectivity index (χ3v) is 6.75. The van der Waals surface area contributed by atoms with E-state index < -0.39 is 18.0 Å².